The van der Waals surface area contributed by atoms with Crippen molar-refractivity contribution in [1.29, 1.82) is 0 Å². The minimum absolute atomic E-state index is 0.179. The van der Waals surface area contributed by atoms with Gasteiger partial charge in [-0.1, -0.05) is 39.0 Å². The Bertz CT molecular complexity index is 1350. The summed E-state index contributed by atoms with van der Waals surface area (Å²) in [6, 6.07) is 7.32. The monoisotopic (exact) mass is 515 g/mol. The Morgan fingerprint density at radius 2 is 1.71 bits per heavy atom. The van der Waals surface area contributed by atoms with E-state index in [1.54, 1.807) is 10.8 Å². The fraction of sp³-hybridized carbons (Fsp3) is 0.417. The zero-order valence-electron chi connectivity index (χ0n) is 19.5. The number of nitrogens with one attached hydrogen (secondary N) is 1. The van der Waals surface area contributed by atoms with Crippen LogP contribution in [0, 0.1) is 11.2 Å². The van der Waals surface area contributed by atoms with Crippen LogP contribution < -0.4 is 4.72 Å². The van der Waals surface area contributed by atoms with Crippen molar-refractivity contribution in [3.63, 3.8) is 0 Å². The van der Waals surface area contributed by atoms with Crippen molar-refractivity contribution in [1.82, 2.24) is 13.6 Å². The second-order valence-corrected chi connectivity index (χ2v) is 11.7. The third-order valence-corrected chi connectivity index (χ3v) is 7.30. The molecule has 11 heteroatoms. The molecule has 5 nitrogen and oxygen atoms in total. The van der Waals surface area contributed by atoms with Crippen molar-refractivity contribution in [2.24, 2.45) is 5.41 Å². The number of benzene rings is 2. The van der Waals surface area contributed by atoms with Crippen molar-refractivity contribution in [2.45, 2.75) is 46.2 Å². The molecule has 190 valence electrons. The van der Waals surface area contributed by atoms with Gasteiger partial charge in [0, 0.05) is 48.8 Å². The molecule has 4 rings (SSSR count). The van der Waals surface area contributed by atoms with E-state index in [1.165, 1.54) is 24.3 Å². The highest BCUT2D eigenvalue weighted by molar-refractivity contribution is 7.87. The molecule has 35 heavy (non-hydrogen) atoms. The lowest BCUT2D eigenvalue weighted by Gasteiger charge is -2.32. The van der Waals surface area contributed by atoms with Gasteiger partial charge in [0.25, 0.3) is 10.2 Å². The molecular formula is C24H26F5N3O2S. The fourth-order valence-corrected chi connectivity index (χ4v) is 5.42. The smallest absolute Gasteiger partial charge is 0.347 e. The van der Waals surface area contributed by atoms with Crippen LogP contribution in [0.2, 0.25) is 0 Å². The third kappa shape index (κ3) is 5.36. The first-order valence-electron chi connectivity index (χ1n) is 11.0. The van der Waals surface area contributed by atoms with Crippen LogP contribution in [0.5, 0.6) is 0 Å². The first-order valence-corrected chi connectivity index (χ1v) is 12.5. The molecular weight excluding hydrogens is 489 g/mol. The Balaban J connectivity index is 1.79. The van der Waals surface area contributed by atoms with Crippen molar-refractivity contribution >= 4 is 21.1 Å². The summed E-state index contributed by atoms with van der Waals surface area (Å²) in [7, 11) is -3.92. The summed E-state index contributed by atoms with van der Waals surface area (Å²) < 4.78 is 99.1. The average molecular weight is 516 g/mol. The first-order chi connectivity index (χ1) is 16.2. The molecule has 1 fully saturated rings. The van der Waals surface area contributed by atoms with Crippen LogP contribution in [0.3, 0.4) is 0 Å². The first kappa shape index (κ1) is 25.6. The van der Waals surface area contributed by atoms with E-state index in [0.29, 0.717) is 23.0 Å². The summed E-state index contributed by atoms with van der Waals surface area (Å²) >= 11 is 0. The van der Waals surface area contributed by atoms with Gasteiger partial charge in [0.2, 0.25) is 0 Å². The molecule has 0 atom stereocenters. The van der Waals surface area contributed by atoms with Crippen molar-refractivity contribution in [3.05, 3.63) is 59.5 Å². The normalized spacial score (nSPS) is 16.1. The number of hydrogen-bond donors (Lipinski definition) is 1. The van der Waals surface area contributed by atoms with E-state index in [-0.39, 0.29) is 36.2 Å². The molecule has 1 saturated heterocycles. The largest absolute Gasteiger partial charge is 0.417 e. The van der Waals surface area contributed by atoms with E-state index in [1.807, 2.05) is 20.8 Å². The lowest BCUT2D eigenvalue weighted by atomic mass is 9.96. The van der Waals surface area contributed by atoms with Crippen LogP contribution in [-0.2, 0) is 29.5 Å². The molecule has 0 saturated carbocycles. The van der Waals surface area contributed by atoms with Gasteiger partial charge in [0.05, 0.1) is 5.56 Å². The van der Waals surface area contributed by atoms with Crippen molar-refractivity contribution in [3.8, 4) is 11.1 Å². The van der Waals surface area contributed by atoms with E-state index >= 15 is 4.39 Å². The number of alkyl halides is 4. The molecule has 3 aromatic rings. The third-order valence-electron chi connectivity index (χ3n) is 5.81. The lowest BCUT2D eigenvalue weighted by molar-refractivity contribution is -0.137. The van der Waals surface area contributed by atoms with Gasteiger partial charge >= 0.3 is 6.18 Å². The van der Waals surface area contributed by atoms with Crippen molar-refractivity contribution in [2.75, 3.05) is 13.1 Å². The van der Waals surface area contributed by atoms with Crippen molar-refractivity contribution < 1.29 is 30.4 Å². The van der Waals surface area contributed by atoms with Crippen LogP contribution in [0.1, 0.15) is 31.9 Å². The van der Waals surface area contributed by atoms with Gasteiger partial charge in [-0.2, -0.15) is 30.6 Å². The second-order valence-electron chi connectivity index (χ2n) is 9.98. The Morgan fingerprint density at radius 1 is 1.06 bits per heavy atom. The molecule has 0 aliphatic carbocycles. The summed E-state index contributed by atoms with van der Waals surface area (Å²) in [5, 5.41) is 0.384. The Labute approximate surface area is 200 Å². The minimum atomic E-state index is -4.66. The predicted octanol–water partition coefficient (Wildman–Crippen LogP) is 5.50. The van der Waals surface area contributed by atoms with E-state index in [0.717, 1.165) is 16.4 Å². The average Bonchev–Trinajstić information content (AvgIpc) is 3.03. The molecule has 0 spiro atoms. The summed E-state index contributed by atoms with van der Waals surface area (Å²) in [5.41, 5.74) is -0.700. The lowest BCUT2D eigenvalue weighted by Crippen LogP contribution is -2.55. The highest BCUT2D eigenvalue weighted by Crippen LogP contribution is 2.39. The summed E-state index contributed by atoms with van der Waals surface area (Å²) in [6.07, 6.45) is -4.19. The number of aromatic nitrogens is 1. The predicted molar refractivity (Wildman–Crippen MR) is 124 cm³/mol. The zero-order chi connectivity index (χ0) is 25.8. The maximum Gasteiger partial charge on any atom is 0.417 e. The molecule has 1 aromatic heterocycles. The Kier molecular flexibility index (Phi) is 6.48. The number of fused-ring (bicyclic) bond motifs is 1. The summed E-state index contributed by atoms with van der Waals surface area (Å²) in [6.45, 7) is 5.75. The number of rotatable bonds is 6. The quantitative estimate of drug-likeness (QED) is 0.441. The minimum Gasteiger partial charge on any atom is -0.347 e. The molecule has 0 unspecified atom stereocenters. The van der Waals surface area contributed by atoms with E-state index in [4.69, 9.17) is 0 Å². The van der Waals surface area contributed by atoms with Gasteiger partial charge in [-0.15, -0.1) is 0 Å². The van der Waals surface area contributed by atoms with E-state index < -0.39 is 33.9 Å². The van der Waals surface area contributed by atoms with Gasteiger partial charge in [0.15, 0.2) is 0 Å². The van der Waals surface area contributed by atoms with Gasteiger partial charge in [-0.25, -0.2) is 8.78 Å². The van der Waals surface area contributed by atoms with Gasteiger partial charge < -0.3 is 4.57 Å². The Hall–Kier alpha value is -2.50. The van der Waals surface area contributed by atoms with Gasteiger partial charge in [-0.3, -0.25) is 0 Å². The molecule has 1 N–H and O–H groups in total. The zero-order valence-corrected chi connectivity index (χ0v) is 20.3. The SMILES string of the molecule is CC(C)(C)Cn1cc(CNS(=O)(=O)N2CC(F)C2)c2cc(F)c(-c3ccccc3C(F)(F)F)cc21. The van der Waals surface area contributed by atoms with E-state index in [9.17, 15) is 26.0 Å². The van der Waals surface area contributed by atoms with E-state index in [2.05, 4.69) is 4.72 Å². The molecule has 1 aliphatic heterocycles. The van der Waals surface area contributed by atoms with Gasteiger partial charge in [0.1, 0.15) is 12.0 Å². The van der Waals surface area contributed by atoms with Crippen LogP contribution >= 0.6 is 0 Å². The topological polar surface area (TPSA) is 54.3 Å². The van der Waals surface area contributed by atoms with Gasteiger partial charge in [-0.05, 0) is 34.7 Å². The maximum absolute atomic E-state index is 15.2. The molecule has 2 heterocycles. The number of nitrogens with zero attached hydrogens (tertiary/aromatic N) is 2. The molecule has 0 radical (unpaired) electrons. The second kappa shape index (κ2) is 8.86. The van der Waals surface area contributed by atoms with Crippen LogP contribution in [-0.4, -0.2) is 36.6 Å². The Morgan fingerprint density at radius 3 is 2.31 bits per heavy atom. The molecule has 2 aromatic carbocycles. The molecule has 1 aliphatic rings. The number of hydrogen-bond acceptors (Lipinski definition) is 2. The molecule has 0 amide bonds. The fourth-order valence-electron chi connectivity index (χ4n) is 4.18. The highest BCUT2D eigenvalue weighted by Gasteiger charge is 2.36. The highest BCUT2D eigenvalue weighted by atomic mass is 32.2. The van der Waals surface area contributed by atoms with Crippen LogP contribution in [0.4, 0.5) is 22.0 Å². The summed E-state index contributed by atoms with van der Waals surface area (Å²) in [4.78, 5) is 0. The van der Waals surface area contributed by atoms with Crippen LogP contribution in [0.25, 0.3) is 22.0 Å². The summed E-state index contributed by atoms with van der Waals surface area (Å²) in [5.74, 6) is -0.852. The maximum atomic E-state index is 15.2. The number of halogens is 5. The van der Waals surface area contributed by atoms with Crippen LogP contribution in [0.15, 0.2) is 42.6 Å². The molecule has 0 bridgehead atoms. The standard InChI is InChI=1S/C24H26F5N3O2S/c1-23(2,3)14-31-11-15(10-30-35(33,34)32-12-16(25)13-32)18-8-21(26)19(9-22(18)31)17-6-4-5-7-20(17)24(27,28)29/h4-9,11,16,30H,10,12-14H2,1-3H3.